The molecule has 0 spiro atoms. The molecule has 6 heteroatoms. The fraction of sp³-hybridized carbons (Fsp3) is 0.947. The minimum Gasteiger partial charge on any atom is -0.356 e. The first-order valence-corrected chi connectivity index (χ1v) is 9.92. The molecule has 148 valence electrons. The minimum absolute atomic E-state index is 0. The number of nitrogens with one attached hydrogen (secondary N) is 2. The van der Waals surface area contributed by atoms with Gasteiger partial charge in [0.05, 0.1) is 0 Å². The number of hydrogen-bond acceptors (Lipinski definition) is 3. The van der Waals surface area contributed by atoms with Gasteiger partial charge in [0.15, 0.2) is 5.96 Å². The van der Waals surface area contributed by atoms with Crippen LogP contribution in [0, 0.1) is 11.3 Å². The average Bonchev–Trinajstić information content (AvgIpc) is 3.06. The Morgan fingerprint density at radius 3 is 2.32 bits per heavy atom. The average molecular weight is 465 g/mol. The topological polar surface area (TPSA) is 42.9 Å². The van der Waals surface area contributed by atoms with E-state index in [9.17, 15) is 0 Å². The van der Waals surface area contributed by atoms with Crippen LogP contribution in [-0.4, -0.2) is 75.7 Å². The molecule has 1 saturated heterocycles. The highest BCUT2D eigenvalue weighted by molar-refractivity contribution is 14.0. The Hall–Kier alpha value is -0.0800. The molecular formula is C19H40IN5. The summed E-state index contributed by atoms with van der Waals surface area (Å²) in [5.41, 5.74) is 0.503. The van der Waals surface area contributed by atoms with Gasteiger partial charge in [0.2, 0.25) is 0 Å². The van der Waals surface area contributed by atoms with E-state index in [0.29, 0.717) is 11.3 Å². The van der Waals surface area contributed by atoms with Crippen molar-refractivity contribution in [2.24, 2.45) is 16.3 Å². The maximum atomic E-state index is 4.42. The third kappa shape index (κ3) is 7.59. The van der Waals surface area contributed by atoms with Gasteiger partial charge in [-0.05, 0) is 37.6 Å². The summed E-state index contributed by atoms with van der Waals surface area (Å²) in [6.45, 7) is 12.7. The number of halogens is 1. The van der Waals surface area contributed by atoms with Crippen molar-refractivity contribution in [1.29, 1.82) is 0 Å². The Balaban J connectivity index is 0.00000312. The van der Waals surface area contributed by atoms with E-state index in [2.05, 4.69) is 46.3 Å². The Morgan fingerprint density at radius 2 is 1.76 bits per heavy atom. The van der Waals surface area contributed by atoms with E-state index in [0.717, 1.165) is 19.0 Å². The van der Waals surface area contributed by atoms with Crippen molar-refractivity contribution in [3.05, 3.63) is 0 Å². The monoisotopic (exact) mass is 465 g/mol. The van der Waals surface area contributed by atoms with Crippen molar-refractivity contribution in [2.45, 2.75) is 46.0 Å². The quantitative estimate of drug-likeness (QED) is 0.345. The summed E-state index contributed by atoms with van der Waals surface area (Å²) in [4.78, 5) is 9.42. The molecule has 2 fully saturated rings. The highest BCUT2D eigenvalue weighted by Crippen LogP contribution is 2.40. The molecular weight excluding hydrogens is 425 g/mol. The third-order valence-corrected chi connectivity index (χ3v) is 6.05. The number of hydrogen-bond donors (Lipinski definition) is 2. The van der Waals surface area contributed by atoms with Crippen molar-refractivity contribution in [1.82, 2.24) is 20.4 Å². The summed E-state index contributed by atoms with van der Waals surface area (Å²) < 4.78 is 0. The van der Waals surface area contributed by atoms with E-state index in [1.54, 1.807) is 0 Å². The highest BCUT2D eigenvalue weighted by atomic mass is 127. The zero-order valence-electron chi connectivity index (χ0n) is 16.8. The molecule has 5 nitrogen and oxygen atoms in total. The van der Waals surface area contributed by atoms with Gasteiger partial charge in [-0.15, -0.1) is 24.0 Å². The fourth-order valence-corrected chi connectivity index (χ4v) is 4.08. The van der Waals surface area contributed by atoms with E-state index < -0.39 is 0 Å². The zero-order valence-corrected chi connectivity index (χ0v) is 19.1. The Kier molecular flexibility index (Phi) is 10.6. The van der Waals surface area contributed by atoms with E-state index >= 15 is 0 Å². The van der Waals surface area contributed by atoms with Crippen LogP contribution >= 0.6 is 24.0 Å². The largest absolute Gasteiger partial charge is 0.356 e. The highest BCUT2D eigenvalue weighted by Gasteiger charge is 2.31. The van der Waals surface area contributed by atoms with Crippen molar-refractivity contribution < 1.29 is 0 Å². The second kappa shape index (κ2) is 11.6. The molecule has 1 aliphatic heterocycles. The van der Waals surface area contributed by atoms with Crippen LogP contribution in [0.25, 0.3) is 0 Å². The van der Waals surface area contributed by atoms with Gasteiger partial charge < -0.3 is 20.4 Å². The fourth-order valence-electron chi connectivity index (χ4n) is 4.08. The first-order chi connectivity index (χ1) is 11.6. The number of guanidine groups is 1. The minimum atomic E-state index is 0. The predicted octanol–water partition coefficient (Wildman–Crippen LogP) is 2.62. The lowest BCUT2D eigenvalue weighted by molar-refractivity contribution is 0.139. The zero-order chi connectivity index (χ0) is 17.4. The van der Waals surface area contributed by atoms with E-state index in [4.69, 9.17) is 0 Å². The lowest BCUT2D eigenvalue weighted by Crippen LogP contribution is -2.48. The molecule has 2 rings (SSSR count). The van der Waals surface area contributed by atoms with Crippen LogP contribution in [0.5, 0.6) is 0 Å². The standard InChI is InChI=1S/C19H39N5.HI/c1-5-19(8-6-7-9-19)16-22-18(20-3)21-14-17(2)15-24-12-10-23(4)11-13-24;/h17H,5-16H2,1-4H3,(H2,20,21,22);1H. The summed E-state index contributed by atoms with van der Waals surface area (Å²) in [6, 6.07) is 0. The smallest absolute Gasteiger partial charge is 0.191 e. The van der Waals surface area contributed by atoms with Crippen LogP contribution in [-0.2, 0) is 0 Å². The SMILES string of the molecule is CCC1(CNC(=NC)NCC(C)CN2CCN(C)CC2)CCCC1.I. The third-order valence-electron chi connectivity index (χ3n) is 6.05. The van der Waals surface area contributed by atoms with Gasteiger partial charge in [-0.1, -0.05) is 26.7 Å². The summed E-state index contributed by atoms with van der Waals surface area (Å²) >= 11 is 0. The lowest BCUT2D eigenvalue weighted by Gasteiger charge is -2.34. The van der Waals surface area contributed by atoms with Gasteiger partial charge in [-0.2, -0.15) is 0 Å². The number of nitrogens with zero attached hydrogens (tertiary/aromatic N) is 3. The Labute approximate surface area is 172 Å². The van der Waals surface area contributed by atoms with Crippen LogP contribution < -0.4 is 10.6 Å². The molecule has 1 aliphatic carbocycles. The summed E-state index contributed by atoms with van der Waals surface area (Å²) in [7, 11) is 4.10. The Morgan fingerprint density at radius 1 is 1.12 bits per heavy atom. The summed E-state index contributed by atoms with van der Waals surface area (Å²) in [5.74, 6) is 1.61. The van der Waals surface area contributed by atoms with Gasteiger partial charge in [-0.25, -0.2) is 0 Å². The van der Waals surface area contributed by atoms with Crippen molar-refractivity contribution in [2.75, 3.05) is 59.9 Å². The van der Waals surface area contributed by atoms with Crippen LogP contribution in [0.1, 0.15) is 46.0 Å². The summed E-state index contributed by atoms with van der Waals surface area (Å²) in [6.07, 6.45) is 6.80. The second-order valence-electron chi connectivity index (χ2n) is 8.08. The van der Waals surface area contributed by atoms with E-state index in [1.165, 1.54) is 64.8 Å². The maximum absolute atomic E-state index is 4.42. The van der Waals surface area contributed by atoms with Crippen LogP contribution in [0.15, 0.2) is 4.99 Å². The molecule has 1 atom stereocenters. The van der Waals surface area contributed by atoms with Crippen LogP contribution in [0.4, 0.5) is 0 Å². The maximum Gasteiger partial charge on any atom is 0.191 e. The number of rotatable bonds is 7. The molecule has 0 aromatic heterocycles. The molecule has 2 aliphatic rings. The second-order valence-corrected chi connectivity index (χ2v) is 8.08. The first-order valence-electron chi connectivity index (χ1n) is 9.92. The van der Waals surface area contributed by atoms with Crippen molar-refractivity contribution in [3.8, 4) is 0 Å². The number of aliphatic imine (C=N–C) groups is 1. The van der Waals surface area contributed by atoms with Crippen LogP contribution in [0.2, 0.25) is 0 Å². The van der Waals surface area contributed by atoms with Crippen molar-refractivity contribution in [3.63, 3.8) is 0 Å². The summed E-state index contributed by atoms with van der Waals surface area (Å²) in [5, 5.41) is 7.12. The van der Waals surface area contributed by atoms with Gasteiger partial charge in [0.1, 0.15) is 0 Å². The van der Waals surface area contributed by atoms with Gasteiger partial charge in [0, 0.05) is 52.9 Å². The lowest BCUT2D eigenvalue weighted by atomic mass is 9.83. The molecule has 25 heavy (non-hydrogen) atoms. The normalized spacial score (nSPS) is 23.1. The van der Waals surface area contributed by atoms with Crippen LogP contribution in [0.3, 0.4) is 0 Å². The predicted molar refractivity (Wildman–Crippen MR) is 119 cm³/mol. The molecule has 1 heterocycles. The number of likely N-dealkylation sites (N-methyl/N-ethyl adjacent to an activating group) is 1. The van der Waals surface area contributed by atoms with Gasteiger partial charge >= 0.3 is 0 Å². The molecule has 0 aromatic rings. The molecule has 0 radical (unpaired) electrons. The van der Waals surface area contributed by atoms with E-state index in [-0.39, 0.29) is 24.0 Å². The molecule has 0 bridgehead atoms. The van der Waals surface area contributed by atoms with Gasteiger partial charge in [0.25, 0.3) is 0 Å². The molecule has 1 saturated carbocycles. The first kappa shape index (κ1) is 23.0. The Bertz CT molecular complexity index is 387. The number of piperazine rings is 1. The molecule has 1 unspecified atom stereocenters. The molecule has 0 amide bonds. The van der Waals surface area contributed by atoms with Gasteiger partial charge in [-0.3, -0.25) is 4.99 Å². The molecule has 0 aromatic carbocycles. The molecule has 2 N–H and O–H groups in total. The van der Waals surface area contributed by atoms with E-state index in [1.807, 2.05) is 7.05 Å². The van der Waals surface area contributed by atoms with Crippen molar-refractivity contribution >= 4 is 29.9 Å².